The minimum Gasteiger partial charge on any atom is -0.448 e. The highest BCUT2D eigenvalue weighted by Crippen LogP contribution is 2.38. The molecule has 3 heterocycles. The summed E-state index contributed by atoms with van der Waals surface area (Å²) in [4.78, 5) is 32.7. The molecule has 1 unspecified atom stereocenters. The summed E-state index contributed by atoms with van der Waals surface area (Å²) in [5.41, 5.74) is 1.08. The van der Waals surface area contributed by atoms with Crippen molar-refractivity contribution in [2.24, 2.45) is 11.8 Å². The molecule has 28 heavy (non-hydrogen) atoms. The molecule has 3 atom stereocenters. The predicted octanol–water partition coefficient (Wildman–Crippen LogP) is 2.08. The van der Waals surface area contributed by atoms with Crippen molar-refractivity contribution >= 4 is 33.6 Å². The van der Waals surface area contributed by atoms with Gasteiger partial charge in [0, 0.05) is 19.1 Å². The number of cyclic esters (lactones) is 1. The molecule has 1 N–H and O–H groups in total. The third-order valence-corrected chi connectivity index (χ3v) is 7.13. The predicted molar refractivity (Wildman–Crippen MR) is 106 cm³/mol. The first kappa shape index (κ1) is 17.9. The Balaban J connectivity index is 1.19. The number of nitrogens with zero attached hydrogens (tertiary/aromatic N) is 3. The number of nitrogens with one attached hydrogen (secondary N) is 1. The van der Waals surface area contributed by atoms with Crippen molar-refractivity contribution in [2.75, 3.05) is 32.8 Å². The Morgan fingerprint density at radius 2 is 2.04 bits per heavy atom. The number of carbonyl (C=O) groups excluding carboxylic acids is 2. The molecule has 2 aromatic rings. The summed E-state index contributed by atoms with van der Waals surface area (Å²) in [6.07, 6.45) is 1.92. The van der Waals surface area contributed by atoms with Crippen molar-refractivity contribution in [3.8, 4) is 0 Å². The van der Waals surface area contributed by atoms with Crippen molar-refractivity contribution in [2.45, 2.75) is 25.4 Å². The molecular formula is C20H24N4O3S. The van der Waals surface area contributed by atoms with E-state index in [1.54, 1.807) is 11.3 Å². The van der Waals surface area contributed by atoms with E-state index in [0.29, 0.717) is 25.0 Å². The number of piperidine rings is 1. The van der Waals surface area contributed by atoms with E-state index in [9.17, 15) is 9.59 Å². The fraction of sp³-hybridized carbons (Fsp3) is 0.550. The highest BCUT2D eigenvalue weighted by atomic mass is 32.1. The van der Waals surface area contributed by atoms with Gasteiger partial charge in [0.2, 0.25) is 5.91 Å². The van der Waals surface area contributed by atoms with Crippen LogP contribution in [0.1, 0.15) is 17.8 Å². The molecule has 148 valence electrons. The summed E-state index contributed by atoms with van der Waals surface area (Å²) in [5.74, 6) is 0.880. The average molecular weight is 401 g/mol. The smallest absolute Gasteiger partial charge is 0.410 e. The zero-order chi connectivity index (χ0) is 19.1. The van der Waals surface area contributed by atoms with Crippen LogP contribution in [0.25, 0.3) is 10.2 Å². The van der Waals surface area contributed by atoms with Crippen molar-refractivity contribution in [1.29, 1.82) is 0 Å². The van der Waals surface area contributed by atoms with Crippen LogP contribution in [0, 0.1) is 11.8 Å². The zero-order valence-corrected chi connectivity index (χ0v) is 16.5. The number of aromatic nitrogens is 1. The van der Waals surface area contributed by atoms with Crippen LogP contribution in [-0.2, 0) is 16.1 Å². The molecular weight excluding hydrogens is 376 g/mol. The van der Waals surface area contributed by atoms with Crippen LogP contribution in [0.3, 0.4) is 0 Å². The molecule has 7 nitrogen and oxygen atoms in total. The molecule has 1 aromatic heterocycles. The van der Waals surface area contributed by atoms with E-state index < -0.39 is 0 Å². The number of fused-ring (bicyclic) bond motifs is 3. The molecule has 1 aromatic carbocycles. The van der Waals surface area contributed by atoms with E-state index >= 15 is 0 Å². The van der Waals surface area contributed by atoms with Gasteiger partial charge in [0.25, 0.3) is 0 Å². The van der Waals surface area contributed by atoms with Crippen LogP contribution in [0.5, 0.6) is 0 Å². The molecule has 2 bridgehead atoms. The summed E-state index contributed by atoms with van der Waals surface area (Å²) in [6.45, 7) is 3.84. The van der Waals surface area contributed by atoms with Crippen LogP contribution < -0.4 is 5.32 Å². The maximum absolute atomic E-state index is 12.4. The van der Waals surface area contributed by atoms with Gasteiger partial charge >= 0.3 is 6.09 Å². The van der Waals surface area contributed by atoms with Crippen LogP contribution in [0.15, 0.2) is 24.3 Å². The second-order valence-corrected chi connectivity index (χ2v) is 9.11. The van der Waals surface area contributed by atoms with Gasteiger partial charge in [-0.25, -0.2) is 9.78 Å². The highest BCUT2D eigenvalue weighted by Gasteiger charge is 2.43. The Kier molecular flexibility index (Phi) is 4.68. The van der Waals surface area contributed by atoms with E-state index in [1.807, 2.05) is 6.07 Å². The summed E-state index contributed by atoms with van der Waals surface area (Å²) in [6, 6.07) is 8.50. The van der Waals surface area contributed by atoms with Gasteiger partial charge in [-0.1, -0.05) is 12.1 Å². The molecule has 5 rings (SSSR count). The molecule has 2 aliphatic heterocycles. The summed E-state index contributed by atoms with van der Waals surface area (Å²) < 4.78 is 6.14. The summed E-state index contributed by atoms with van der Waals surface area (Å²) in [5, 5.41) is 4.37. The van der Waals surface area contributed by atoms with Gasteiger partial charge in [0.1, 0.15) is 18.2 Å². The third kappa shape index (κ3) is 3.46. The van der Waals surface area contributed by atoms with Crippen LogP contribution >= 0.6 is 11.3 Å². The molecule has 0 spiro atoms. The second-order valence-electron chi connectivity index (χ2n) is 8.00. The Morgan fingerprint density at radius 1 is 1.25 bits per heavy atom. The Hall–Kier alpha value is -2.19. The average Bonchev–Trinajstić information content (AvgIpc) is 3.32. The first-order chi connectivity index (χ1) is 13.7. The molecule has 8 heteroatoms. The number of hydrogen-bond donors (Lipinski definition) is 1. The molecule has 3 aliphatic rings. The number of thiazole rings is 1. The number of benzene rings is 1. The highest BCUT2D eigenvalue weighted by molar-refractivity contribution is 7.18. The monoisotopic (exact) mass is 400 g/mol. The molecule has 0 radical (unpaired) electrons. The molecule has 2 amide bonds. The van der Waals surface area contributed by atoms with Gasteiger partial charge in [-0.3, -0.25) is 14.6 Å². The fourth-order valence-corrected chi connectivity index (χ4v) is 5.85. The second kappa shape index (κ2) is 7.33. The molecule has 1 saturated carbocycles. The number of ether oxygens (including phenoxy) is 1. The molecule has 2 saturated heterocycles. The van der Waals surface area contributed by atoms with E-state index in [0.717, 1.165) is 43.0 Å². The SMILES string of the molecule is O=C(CN1CCOC1=O)NC1[C@@H]2CC[C@H]1CN(Cc1nc3ccccc3s1)C2. The maximum Gasteiger partial charge on any atom is 0.410 e. The van der Waals surface area contributed by atoms with Crippen molar-refractivity contribution < 1.29 is 14.3 Å². The van der Waals surface area contributed by atoms with Gasteiger partial charge in [0.15, 0.2) is 0 Å². The van der Waals surface area contributed by atoms with Gasteiger partial charge in [-0.15, -0.1) is 11.3 Å². The van der Waals surface area contributed by atoms with E-state index in [1.165, 1.54) is 9.60 Å². The summed E-state index contributed by atoms with van der Waals surface area (Å²) in [7, 11) is 0. The number of para-hydroxylation sites is 1. The first-order valence-electron chi connectivity index (χ1n) is 9.93. The topological polar surface area (TPSA) is 74.8 Å². The van der Waals surface area contributed by atoms with E-state index in [-0.39, 0.29) is 24.6 Å². The van der Waals surface area contributed by atoms with Gasteiger partial charge in [-0.05, 0) is 36.8 Å². The number of rotatable bonds is 5. The standard InChI is InChI=1S/C20H24N4O3S/c25-17(11-24-7-8-27-20(24)26)22-19-13-5-6-14(19)10-23(9-13)12-18-21-15-3-1-2-4-16(15)28-18/h1-4,13-14,19H,5-12H2,(H,22,25)/t13-,14+,19?. The van der Waals surface area contributed by atoms with E-state index in [2.05, 4.69) is 28.4 Å². The lowest BCUT2D eigenvalue weighted by Gasteiger charge is -2.38. The Labute approximate surface area is 167 Å². The van der Waals surface area contributed by atoms with Crippen molar-refractivity contribution in [3.05, 3.63) is 29.3 Å². The van der Waals surface area contributed by atoms with E-state index in [4.69, 9.17) is 9.72 Å². The maximum atomic E-state index is 12.4. The van der Waals surface area contributed by atoms with Crippen LogP contribution in [-0.4, -0.2) is 65.6 Å². The lowest BCUT2D eigenvalue weighted by Crippen LogP contribution is -2.53. The summed E-state index contributed by atoms with van der Waals surface area (Å²) >= 11 is 1.77. The zero-order valence-electron chi connectivity index (χ0n) is 15.7. The van der Waals surface area contributed by atoms with Gasteiger partial charge in [0.05, 0.1) is 23.3 Å². The van der Waals surface area contributed by atoms with Gasteiger partial charge in [-0.2, -0.15) is 0 Å². The molecule has 1 aliphatic carbocycles. The number of likely N-dealkylation sites (tertiary alicyclic amines) is 1. The minimum absolute atomic E-state index is 0.0691. The quantitative estimate of drug-likeness (QED) is 0.832. The molecule has 3 fully saturated rings. The number of carbonyl (C=O) groups is 2. The van der Waals surface area contributed by atoms with Crippen molar-refractivity contribution in [1.82, 2.24) is 20.1 Å². The largest absolute Gasteiger partial charge is 0.448 e. The minimum atomic E-state index is -0.385. The lowest BCUT2D eigenvalue weighted by atomic mass is 9.92. The Bertz CT molecular complexity index is 853. The fourth-order valence-electron chi connectivity index (χ4n) is 4.84. The number of hydrogen-bond acceptors (Lipinski definition) is 6. The lowest BCUT2D eigenvalue weighted by molar-refractivity contribution is -0.123. The van der Waals surface area contributed by atoms with Crippen molar-refractivity contribution in [3.63, 3.8) is 0 Å². The normalized spacial score (nSPS) is 27.4. The van der Waals surface area contributed by atoms with Gasteiger partial charge < -0.3 is 10.1 Å². The van der Waals surface area contributed by atoms with Crippen LogP contribution in [0.2, 0.25) is 0 Å². The first-order valence-corrected chi connectivity index (χ1v) is 10.8. The van der Waals surface area contributed by atoms with Crippen LogP contribution in [0.4, 0.5) is 4.79 Å². The third-order valence-electron chi connectivity index (χ3n) is 6.11. The Morgan fingerprint density at radius 3 is 2.75 bits per heavy atom. The number of amides is 2.